The van der Waals surface area contributed by atoms with E-state index in [0.717, 1.165) is 30.0 Å². The summed E-state index contributed by atoms with van der Waals surface area (Å²) >= 11 is 1.58. The number of amides is 1. The molecule has 0 aliphatic rings. The van der Waals surface area contributed by atoms with Crippen molar-refractivity contribution in [2.45, 2.75) is 45.7 Å². The Labute approximate surface area is 100 Å². The van der Waals surface area contributed by atoms with E-state index in [1.165, 1.54) is 0 Å². The average Bonchev–Trinajstić information content (AvgIpc) is 2.68. The summed E-state index contributed by atoms with van der Waals surface area (Å²) in [5.74, 6) is -0.0842. The molecule has 0 aliphatic carbocycles. The monoisotopic (exact) mass is 241 g/mol. The lowest BCUT2D eigenvalue weighted by molar-refractivity contribution is -0.122. The molecule has 0 saturated carbocycles. The van der Waals surface area contributed by atoms with Crippen molar-refractivity contribution in [2.75, 3.05) is 0 Å². The number of thiazole rings is 1. The van der Waals surface area contributed by atoms with Gasteiger partial charge in [-0.05, 0) is 13.3 Å². The molecule has 1 aromatic rings. The lowest BCUT2D eigenvalue weighted by atomic mass is 10.1. The Bertz CT molecular complexity index is 338. The molecule has 1 amide bonds. The molecule has 0 radical (unpaired) electrons. The fraction of sp³-hybridized carbons (Fsp3) is 0.636. The summed E-state index contributed by atoms with van der Waals surface area (Å²) in [6, 6.07) is -0.389. The number of hydrogen-bond acceptors (Lipinski definition) is 4. The van der Waals surface area contributed by atoms with Crippen LogP contribution in [-0.2, 0) is 11.3 Å². The van der Waals surface area contributed by atoms with Gasteiger partial charge in [0.1, 0.15) is 0 Å². The van der Waals surface area contributed by atoms with Crippen molar-refractivity contribution >= 4 is 17.2 Å². The van der Waals surface area contributed by atoms with Gasteiger partial charge in [-0.1, -0.05) is 19.8 Å². The molecule has 1 aromatic heterocycles. The fourth-order valence-electron chi connectivity index (χ4n) is 1.35. The maximum Gasteiger partial charge on any atom is 0.237 e. The van der Waals surface area contributed by atoms with Gasteiger partial charge in [-0.25, -0.2) is 4.98 Å². The summed E-state index contributed by atoms with van der Waals surface area (Å²) in [5, 5.41) is 5.77. The van der Waals surface area contributed by atoms with Gasteiger partial charge in [0.15, 0.2) is 0 Å². The highest BCUT2D eigenvalue weighted by atomic mass is 32.1. The Kier molecular flexibility index (Phi) is 5.42. The first-order valence-corrected chi connectivity index (χ1v) is 6.45. The van der Waals surface area contributed by atoms with E-state index in [0.29, 0.717) is 6.54 Å². The number of rotatable bonds is 6. The number of carbonyl (C=O) groups is 1. The maximum atomic E-state index is 11.6. The van der Waals surface area contributed by atoms with Gasteiger partial charge in [0, 0.05) is 5.38 Å². The number of unbranched alkanes of at least 4 members (excludes halogenated alkanes) is 1. The van der Waals surface area contributed by atoms with Gasteiger partial charge in [-0.2, -0.15) is 0 Å². The topological polar surface area (TPSA) is 68.0 Å². The van der Waals surface area contributed by atoms with Crippen LogP contribution < -0.4 is 11.1 Å². The minimum Gasteiger partial charge on any atom is -0.349 e. The first-order chi connectivity index (χ1) is 7.63. The second-order valence-electron chi connectivity index (χ2n) is 3.82. The van der Waals surface area contributed by atoms with Gasteiger partial charge >= 0.3 is 0 Å². The Morgan fingerprint density at radius 1 is 1.69 bits per heavy atom. The van der Waals surface area contributed by atoms with Gasteiger partial charge in [0.2, 0.25) is 5.91 Å². The third kappa shape index (κ3) is 4.28. The minimum atomic E-state index is -0.389. The van der Waals surface area contributed by atoms with E-state index in [4.69, 9.17) is 5.73 Å². The first kappa shape index (κ1) is 13.1. The molecular weight excluding hydrogens is 222 g/mol. The first-order valence-electron chi connectivity index (χ1n) is 5.57. The highest BCUT2D eigenvalue weighted by Gasteiger charge is 2.12. The molecule has 0 saturated heterocycles. The van der Waals surface area contributed by atoms with Crippen LogP contribution in [0.5, 0.6) is 0 Å². The third-order valence-electron chi connectivity index (χ3n) is 2.32. The molecule has 90 valence electrons. The second-order valence-corrected chi connectivity index (χ2v) is 4.89. The van der Waals surface area contributed by atoms with Crippen LogP contribution in [0.25, 0.3) is 0 Å². The van der Waals surface area contributed by atoms with Crippen molar-refractivity contribution in [1.29, 1.82) is 0 Å². The van der Waals surface area contributed by atoms with Crippen LogP contribution in [0.15, 0.2) is 5.38 Å². The lowest BCUT2D eigenvalue weighted by Gasteiger charge is -2.10. The largest absolute Gasteiger partial charge is 0.349 e. The Hall–Kier alpha value is -0.940. The molecule has 0 spiro atoms. The van der Waals surface area contributed by atoms with Gasteiger partial charge < -0.3 is 11.1 Å². The summed E-state index contributed by atoms with van der Waals surface area (Å²) in [7, 11) is 0. The molecule has 1 heterocycles. The molecule has 5 heteroatoms. The zero-order valence-corrected chi connectivity index (χ0v) is 10.6. The van der Waals surface area contributed by atoms with E-state index >= 15 is 0 Å². The van der Waals surface area contributed by atoms with Crippen molar-refractivity contribution in [3.63, 3.8) is 0 Å². The Balaban J connectivity index is 2.29. The highest BCUT2D eigenvalue weighted by Crippen LogP contribution is 2.07. The molecule has 1 atom stereocenters. The molecule has 0 aromatic carbocycles. The molecule has 0 fully saturated rings. The lowest BCUT2D eigenvalue weighted by Crippen LogP contribution is -2.40. The van der Waals surface area contributed by atoms with Crippen LogP contribution in [0.3, 0.4) is 0 Å². The van der Waals surface area contributed by atoms with Crippen LogP contribution in [0.4, 0.5) is 0 Å². The summed E-state index contributed by atoms with van der Waals surface area (Å²) < 4.78 is 0. The number of aryl methyl sites for hydroxylation is 1. The number of nitrogens with zero attached hydrogens (tertiary/aromatic N) is 1. The SMILES string of the molecule is CCCC[C@H](N)C(=O)NCc1csc(C)n1. The van der Waals surface area contributed by atoms with E-state index in [1.807, 2.05) is 12.3 Å². The highest BCUT2D eigenvalue weighted by molar-refractivity contribution is 7.09. The van der Waals surface area contributed by atoms with Crippen LogP contribution in [0.1, 0.15) is 36.9 Å². The smallest absolute Gasteiger partial charge is 0.237 e. The molecule has 0 unspecified atom stereocenters. The van der Waals surface area contributed by atoms with E-state index in [9.17, 15) is 4.79 Å². The maximum absolute atomic E-state index is 11.6. The van der Waals surface area contributed by atoms with Crippen LogP contribution >= 0.6 is 11.3 Å². The van der Waals surface area contributed by atoms with E-state index in [1.54, 1.807) is 11.3 Å². The number of hydrogen-bond donors (Lipinski definition) is 2. The quantitative estimate of drug-likeness (QED) is 0.794. The van der Waals surface area contributed by atoms with Crippen LogP contribution in [0.2, 0.25) is 0 Å². The summed E-state index contributed by atoms with van der Waals surface area (Å²) in [5.41, 5.74) is 6.64. The zero-order valence-electron chi connectivity index (χ0n) is 9.82. The number of nitrogens with two attached hydrogens (primary N) is 1. The van der Waals surface area contributed by atoms with E-state index < -0.39 is 0 Å². The van der Waals surface area contributed by atoms with Crippen molar-refractivity contribution in [3.8, 4) is 0 Å². The fourth-order valence-corrected chi connectivity index (χ4v) is 1.97. The third-order valence-corrected chi connectivity index (χ3v) is 3.14. The summed E-state index contributed by atoms with van der Waals surface area (Å²) in [6.07, 6.45) is 2.80. The molecule has 0 aliphatic heterocycles. The van der Waals surface area contributed by atoms with Gasteiger partial charge in [-0.15, -0.1) is 11.3 Å². The molecule has 3 N–H and O–H groups in total. The predicted molar refractivity (Wildman–Crippen MR) is 66.2 cm³/mol. The molecule has 1 rings (SSSR count). The Morgan fingerprint density at radius 2 is 2.44 bits per heavy atom. The molecule has 0 bridgehead atoms. The molecular formula is C11H19N3OS. The molecule has 16 heavy (non-hydrogen) atoms. The van der Waals surface area contributed by atoms with Crippen LogP contribution in [-0.4, -0.2) is 16.9 Å². The number of nitrogens with one attached hydrogen (secondary N) is 1. The standard InChI is InChI=1S/C11H19N3OS/c1-3-4-5-10(12)11(15)13-6-9-7-16-8(2)14-9/h7,10H,3-6,12H2,1-2H3,(H,13,15)/t10-/m0/s1. The van der Waals surface area contributed by atoms with Gasteiger partial charge in [0.25, 0.3) is 0 Å². The second kappa shape index (κ2) is 6.60. The van der Waals surface area contributed by atoms with Crippen molar-refractivity contribution in [2.24, 2.45) is 5.73 Å². The van der Waals surface area contributed by atoms with Crippen molar-refractivity contribution in [3.05, 3.63) is 16.1 Å². The normalized spacial score (nSPS) is 12.4. The van der Waals surface area contributed by atoms with Crippen molar-refractivity contribution < 1.29 is 4.79 Å². The number of aromatic nitrogens is 1. The average molecular weight is 241 g/mol. The molecule has 4 nitrogen and oxygen atoms in total. The summed E-state index contributed by atoms with van der Waals surface area (Å²) in [6.45, 7) is 4.51. The minimum absolute atomic E-state index is 0.0842. The Morgan fingerprint density at radius 3 is 3.00 bits per heavy atom. The predicted octanol–water partition coefficient (Wildman–Crippen LogP) is 1.59. The van der Waals surface area contributed by atoms with Crippen molar-refractivity contribution in [1.82, 2.24) is 10.3 Å². The van der Waals surface area contributed by atoms with E-state index in [-0.39, 0.29) is 11.9 Å². The number of carbonyl (C=O) groups excluding carboxylic acids is 1. The van der Waals surface area contributed by atoms with Gasteiger partial charge in [0.05, 0.1) is 23.3 Å². The zero-order chi connectivity index (χ0) is 12.0. The van der Waals surface area contributed by atoms with Gasteiger partial charge in [-0.3, -0.25) is 4.79 Å². The summed E-state index contributed by atoms with van der Waals surface area (Å²) in [4.78, 5) is 15.8. The van der Waals surface area contributed by atoms with Crippen LogP contribution in [0, 0.1) is 6.92 Å². The van der Waals surface area contributed by atoms with E-state index in [2.05, 4.69) is 17.2 Å².